The van der Waals surface area contributed by atoms with Crippen molar-refractivity contribution in [2.24, 2.45) is 0 Å². The fraction of sp³-hybridized carbons (Fsp3) is 0.125. The molecule has 0 saturated heterocycles. The van der Waals surface area contributed by atoms with Crippen molar-refractivity contribution in [3.63, 3.8) is 0 Å². The summed E-state index contributed by atoms with van der Waals surface area (Å²) >= 11 is 0. The van der Waals surface area contributed by atoms with Crippen LogP contribution in [0.15, 0.2) is 53.9 Å². The van der Waals surface area contributed by atoms with E-state index in [1.807, 2.05) is 0 Å². The molecule has 0 spiro atoms. The molecule has 1 unspecified atom stereocenters. The fourth-order valence-corrected chi connectivity index (χ4v) is 2.76. The molecule has 0 aliphatic heterocycles. The second-order valence-electron chi connectivity index (χ2n) is 4.54. The highest BCUT2D eigenvalue weighted by molar-refractivity contribution is 7.87. The van der Waals surface area contributed by atoms with E-state index in [9.17, 15) is 21.8 Å². The second kappa shape index (κ2) is 6.87. The van der Waals surface area contributed by atoms with Crippen molar-refractivity contribution in [1.82, 2.24) is 0 Å². The van der Waals surface area contributed by atoms with Crippen LogP contribution >= 0.6 is 0 Å². The van der Waals surface area contributed by atoms with Gasteiger partial charge in [-0.05, 0) is 35.4 Å². The van der Waals surface area contributed by atoms with Crippen LogP contribution in [0, 0.1) is 5.82 Å². The number of rotatable bonds is 4. The van der Waals surface area contributed by atoms with Gasteiger partial charge in [0.2, 0.25) is 0 Å². The molecule has 116 valence electrons. The Morgan fingerprint density at radius 1 is 1.00 bits per heavy atom. The Bertz CT molecular complexity index is 690. The molecule has 1 nitrogen and oxygen atoms in total. The summed E-state index contributed by atoms with van der Waals surface area (Å²) in [5.41, 5.74) is -0.166. The molecule has 6 heteroatoms. The Morgan fingerprint density at radius 3 is 2.27 bits per heavy atom. The average Bonchev–Trinajstić information content (AvgIpc) is 2.47. The lowest BCUT2D eigenvalue weighted by molar-refractivity contribution is -0.137. The Labute approximate surface area is 127 Å². The van der Waals surface area contributed by atoms with Crippen molar-refractivity contribution in [2.75, 3.05) is 0 Å². The summed E-state index contributed by atoms with van der Waals surface area (Å²) in [5, 5.41) is 1.22. The van der Waals surface area contributed by atoms with Crippen molar-refractivity contribution in [1.29, 1.82) is 0 Å². The molecule has 22 heavy (non-hydrogen) atoms. The van der Waals surface area contributed by atoms with Crippen LogP contribution in [0.2, 0.25) is 0 Å². The predicted octanol–water partition coefficient (Wildman–Crippen LogP) is 4.76. The Balaban J connectivity index is 2.12. The van der Waals surface area contributed by atoms with E-state index < -0.39 is 28.4 Å². The number of hydrogen-bond donors (Lipinski definition) is 0. The summed E-state index contributed by atoms with van der Waals surface area (Å²) < 4.78 is 63.1. The zero-order valence-electron chi connectivity index (χ0n) is 11.3. The lowest BCUT2D eigenvalue weighted by Gasteiger charge is -2.09. The third kappa shape index (κ3) is 4.53. The number of benzene rings is 2. The second-order valence-corrected chi connectivity index (χ2v) is 5.86. The standard InChI is InChI=1S/C16H12F4OS/c17-14-7-5-12(6-8-14)11-22(21)10-9-13-3-1-2-4-15(13)16(18,19)20/h1-10H,11H2/b10-9+. The van der Waals surface area contributed by atoms with Crippen LogP contribution in [0.5, 0.6) is 0 Å². The molecule has 0 bridgehead atoms. The number of halogens is 4. The van der Waals surface area contributed by atoms with Gasteiger partial charge >= 0.3 is 6.18 Å². The first kappa shape index (κ1) is 16.4. The highest BCUT2D eigenvalue weighted by Crippen LogP contribution is 2.32. The summed E-state index contributed by atoms with van der Waals surface area (Å²) in [6.07, 6.45) is -3.26. The molecule has 2 rings (SSSR count). The lowest BCUT2D eigenvalue weighted by Crippen LogP contribution is -2.06. The van der Waals surface area contributed by atoms with Crippen molar-refractivity contribution in [2.45, 2.75) is 11.9 Å². The topological polar surface area (TPSA) is 17.1 Å². The summed E-state index contributed by atoms with van der Waals surface area (Å²) in [6.45, 7) is 0. The molecule has 0 amide bonds. The summed E-state index contributed by atoms with van der Waals surface area (Å²) in [6, 6.07) is 10.5. The van der Waals surface area contributed by atoms with Crippen LogP contribution in [0.25, 0.3) is 6.08 Å². The SMILES string of the molecule is O=S(/C=C/c1ccccc1C(F)(F)F)Cc1ccc(F)cc1. The molecule has 0 aliphatic carbocycles. The van der Waals surface area contributed by atoms with Gasteiger partial charge in [-0.15, -0.1) is 0 Å². The van der Waals surface area contributed by atoms with Gasteiger partial charge in [0, 0.05) is 5.41 Å². The van der Waals surface area contributed by atoms with Gasteiger partial charge in [0.15, 0.2) is 0 Å². The van der Waals surface area contributed by atoms with E-state index in [4.69, 9.17) is 0 Å². The smallest absolute Gasteiger partial charge is 0.255 e. The van der Waals surface area contributed by atoms with E-state index in [1.165, 1.54) is 53.9 Å². The van der Waals surface area contributed by atoms with E-state index in [0.29, 0.717) is 5.56 Å². The van der Waals surface area contributed by atoms with Crippen molar-refractivity contribution in [3.05, 3.63) is 76.4 Å². The first-order valence-corrected chi connectivity index (χ1v) is 7.70. The minimum atomic E-state index is -4.46. The van der Waals surface area contributed by atoms with Crippen LogP contribution in [0.3, 0.4) is 0 Å². The van der Waals surface area contributed by atoms with Gasteiger partial charge in [-0.1, -0.05) is 30.3 Å². The fourth-order valence-electron chi connectivity index (χ4n) is 1.84. The molecule has 2 aromatic rings. The molecule has 0 aromatic heterocycles. The van der Waals surface area contributed by atoms with Crippen LogP contribution in [-0.2, 0) is 22.7 Å². The molecule has 1 atom stereocenters. The van der Waals surface area contributed by atoms with Crippen molar-refractivity contribution < 1.29 is 21.8 Å². The Morgan fingerprint density at radius 2 is 1.64 bits per heavy atom. The zero-order chi connectivity index (χ0) is 16.2. The summed E-state index contributed by atoms with van der Waals surface area (Å²) in [5.74, 6) is -0.283. The van der Waals surface area contributed by atoms with Gasteiger partial charge < -0.3 is 0 Å². The van der Waals surface area contributed by atoms with Crippen LogP contribution in [0.1, 0.15) is 16.7 Å². The quantitative estimate of drug-likeness (QED) is 0.739. The predicted molar refractivity (Wildman–Crippen MR) is 78.7 cm³/mol. The highest BCUT2D eigenvalue weighted by Gasteiger charge is 2.32. The van der Waals surface area contributed by atoms with E-state index in [2.05, 4.69) is 0 Å². The average molecular weight is 328 g/mol. The van der Waals surface area contributed by atoms with Crippen molar-refractivity contribution in [3.8, 4) is 0 Å². The number of alkyl halides is 3. The van der Waals surface area contributed by atoms with Crippen molar-refractivity contribution >= 4 is 16.9 Å². The monoisotopic (exact) mass is 328 g/mol. The van der Waals surface area contributed by atoms with Gasteiger partial charge in [0.25, 0.3) is 0 Å². The van der Waals surface area contributed by atoms with E-state index >= 15 is 0 Å². The molecule has 0 aliphatic rings. The van der Waals surface area contributed by atoms with Gasteiger partial charge in [0.05, 0.1) is 22.1 Å². The maximum atomic E-state index is 12.8. The van der Waals surface area contributed by atoms with Crippen LogP contribution in [-0.4, -0.2) is 4.21 Å². The third-order valence-electron chi connectivity index (χ3n) is 2.89. The molecular formula is C16H12F4OS. The molecule has 0 N–H and O–H groups in total. The van der Waals surface area contributed by atoms with Gasteiger partial charge in [-0.2, -0.15) is 13.2 Å². The molecular weight excluding hydrogens is 316 g/mol. The zero-order valence-corrected chi connectivity index (χ0v) is 12.1. The van der Waals surface area contributed by atoms with Crippen LogP contribution in [0.4, 0.5) is 17.6 Å². The summed E-state index contributed by atoms with van der Waals surface area (Å²) in [4.78, 5) is 0. The molecule has 0 heterocycles. The molecule has 0 saturated carbocycles. The molecule has 0 fully saturated rings. The first-order valence-electron chi connectivity index (χ1n) is 6.32. The highest BCUT2D eigenvalue weighted by atomic mass is 32.2. The third-order valence-corrected chi connectivity index (χ3v) is 3.95. The maximum absolute atomic E-state index is 12.8. The van der Waals surface area contributed by atoms with Crippen LogP contribution < -0.4 is 0 Å². The molecule has 2 aromatic carbocycles. The van der Waals surface area contributed by atoms with E-state index in [-0.39, 0.29) is 11.3 Å². The maximum Gasteiger partial charge on any atom is 0.416 e. The minimum absolute atomic E-state index is 0.0394. The lowest BCUT2D eigenvalue weighted by atomic mass is 10.1. The van der Waals surface area contributed by atoms with E-state index in [1.54, 1.807) is 0 Å². The number of hydrogen-bond acceptors (Lipinski definition) is 1. The van der Waals surface area contributed by atoms with Gasteiger partial charge in [-0.25, -0.2) is 4.39 Å². The summed E-state index contributed by atoms with van der Waals surface area (Å²) in [7, 11) is -1.48. The van der Waals surface area contributed by atoms with Gasteiger partial charge in [-0.3, -0.25) is 4.21 Å². The normalized spacial score (nSPS) is 13.5. The Kier molecular flexibility index (Phi) is 5.13. The minimum Gasteiger partial charge on any atom is -0.255 e. The van der Waals surface area contributed by atoms with E-state index in [0.717, 1.165) is 6.07 Å². The largest absolute Gasteiger partial charge is 0.416 e. The Hall–Kier alpha value is -1.95. The van der Waals surface area contributed by atoms with Gasteiger partial charge in [0.1, 0.15) is 5.82 Å². The molecule has 0 radical (unpaired) electrons. The first-order chi connectivity index (χ1) is 10.4.